The van der Waals surface area contributed by atoms with Crippen molar-refractivity contribution in [1.29, 1.82) is 0 Å². The van der Waals surface area contributed by atoms with Crippen LogP contribution in [0.3, 0.4) is 0 Å². The first-order valence-electron chi connectivity index (χ1n) is 6.32. The molecule has 0 spiro atoms. The van der Waals surface area contributed by atoms with Crippen molar-refractivity contribution in [2.75, 3.05) is 0 Å². The van der Waals surface area contributed by atoms with E-state index in [1.54, 1.807) is 0 Å². The van der Waals surface area contributed by atoms with Gasteiger partial charge < -0.3 is 5.32 Å². The summed E-state index contributed by atoms with van der Waals surface area (Å²) in [6.07, 6.45) is 2.37. The predicted molar refractivity (Wildman–Crippen MR) is 81.1 cm³/mol. The number of fused-ring (bicyclic) bond motifs is 1. The van der Waals surface area contributed by atoms with Crippen LogP contribution in [-0.2, 0) is 6.42 Å². The molecule has 0 saturated heterocycles. The molecule has 1 nitrogen and oxygen atoms in total. The Labute approximate surface area is 120 Å². The lowest BCUT2D eigenvalue weighted by Crippen LogP contribution is -2.22. The highest BCUT2D eigenvalue weighted by Crippen LogP contribution is 2.37. The van der Waals surface area contributed by atoms with Gasteiger partial charge in [0.2, 0.25) is 0 Å². The van der Waals surface area contributed by atoms with Crippen LogP contribution in [0.4, 0.5) is 0 Å². The van der Waals surface area contributed by atoms with E-state index in [-0.39, 0.29) is 0 Å². The number of halogens is 1. The van der Waals surface area contributed by atoms with Gasteiger partial charge in [-0.05, 0) is 48.4 Å². The van der Waals surface area contributed by atoms with Crippen LogP contribution in [0.25, 0.3) is 0 Å². The maximum atomic E-state index is 3.75. The normalized spacial score (nSPS) is 19.8. The zero-order valence-electron chi connectivity index (χ0n) is 10.3. The maximum Gasteiger partial charge on any atom is 0.0391 e. The molecule has 3 heteroatoms. The molecule has 0 fully saturated rings. The van der Waals surface area contributed by atoms with Gasteiger partial charge >= 0.3 is 0 Å². The summed E-state index contributed by atoms with van der Waals surface area (Å²) >= 11 is 5.48. The van der Waals surface area contributed by atoms with E-state index >= 15 is 0 Å². The van der Waals surface area contributed by atoms with Gasteiger partial charge in [-0.1, -0.05) is 34.1 Å². The Morgan fingerprint density at radius 2 is 2.22 bits per heavy atom. The van der Waals surface area contributed by atoms with Gasteiger partial charge in [0.1, 0.15) is 0 Å². The van der Waals surface area contributed by atoms with Crippen LogP contribution in [0.1, 0.15) is 41.4 Å². The Kier molecular flexibility index (Phi) is 3.55. The minimum Gasteiger partial charge on any atom is -0.303 e. The lowest BCUT2D eigenvalue weighted by molar-refractivity contribution is 0.469. The van der Waals surface area contributed by atoms with E-state index in [1.807, 2.05) is 11.3 Å². The second-order valence-electron chi connectivity index (χ2n) is 4.80. The van der Waals surface area contributed by atoms with Gasteiger partial charge in [0, 0.05) is 21.4 Å². The predicted octanol–water partition coefficient (Wildman–Crippen LogP) is 4.85. The van der Waals surface area contributed by atoms with Crippen LogP contribution in [0, 0.1) is 0 Å². The van der Waals surface area contributed by atoms with Crippen LogP contribution >= 0.6 is 27.3 Å². The maximum absolute atomic E-state index is 3.75. The quantitative estimate of drug-likeness (QED) is 0.852. The Hall–Kier alpha value is -0.640. The molecule has 3 rings (SSSR count). The van der Waals surface area contributed by atoms with Crippen molar-refractivity contribution in [1.82, 2.24) is 5.32 Å². The highest BCUT2D eigenvalue weighted by molar-refractivity contribution is 9.10. The van der Waals surface area contributed by atoms with E-state index in [9.17, 15) is 0 Å². The first-order valence-corrected chi connectivity index (χ1v) is 7.99. The summed E-state index contributed by atoms with van der Waals surface area (Å²) in [6.45, 7) is 2.25. The number of thiophene rings is 1. The SMILES string of the molecule is CC(NC1CCc2c(Br)cccc21)c1cccs1. The average molecular weight is 322 g/mol. The topological polar surface area (TPSA) is 12.0 Å². The van der Waals surface area contributed by atoms with E-state index < -0.39 is 0 Å². The van der Waals surface area contributed by atoms with Gasteiger partial charge in [-0.2, -0.15) is 0 Å². The minimum absolute atomic E-state index is 0.430. The molecule has 1 N–H and O–H groups in total. The van der Waals surface area contributed by atoms with Crippen molar-refractivity contribution >= 4 is 27.3 Å². The molecule has 0 amide bonds. The molecule has 1 heterocycles. The van der Waals surface area contributed by atoms with Crippen LogP contribution in [0.2, 0.25) is 0 Å². The molecule has 94 valence electrons. The number of hydrogen-bond donors (Lipinski definition) is 1. The second-order valence-corrected chi connectivity index (χ2v) is 6.64. The standard InChI is InChI=1S/C15H16BrNS/c1-10(15-6-3-9-18-15)17-14-8-7-11-12(14)4-2-5-13(11)16/h2-6,9-10,14,17H,7-8H2,1H3. The van der Waals surface area contributed by atoms with E-state index in [4.69, 9.17) is 0 Å². The third kappa shape index (κ3) is 2.27. The summed E-state index contributed by atoms with van der Waals surface area (Å²) in [5.41, 5.74) is 2.95. The molecule has 2 unspecified atom stereocenters. The lowest BCUT2D eigenvalue weighted by Gasteiger charge is -2.19. The van der Waals surface area contributed by atoms with Crippen molar-refractivity contribution in [3.05, 3.63) is 56.2 Å². The molecule has 0 aliphatic heterocycles. The zero-order chi connectivity index (χ0) is 12.5. The molecule has 1 aromatic carbocycles. The van der Waals surface area contributed by atoms with E-state index in [0.717, 1.165) is 0 Å². The van der Waals surface area contributed by atoms with Crippen LogP contribution in [0.5, 0.6) is 0 Å². The van der Waals surface area contributed by atoms with Gasteiger partial charge in [-0.15, -0.1) is 11.3 Å². The third-order valence-electron chi connectivity index (χ3n) is 3.63. The summed E-state index contributed by atoms with van der Waals surface area (Å²) < 4.78 is 1.26. The lowest BCUT2D eigenvalue weighted by atomic mass is 10.1. The highest BCUT2D eigenvalue weighted by atomic mass is 79.9. The van der Waals surface area contributed by atoms with Crippen molar-refractivity contribution < 1.29 is 0 Å². The first-order chi connectivity index (χ1) is 8.75. The summed E-state index contributed by atoms with van der Waals surface area (Å²) in [5, 5.41) is 5.90. The molecular formula is C15H16BrNS. The van der Waals surface area contributed by atoms with Crippen LogP contribution in [-0.4, -0.2) is 0 Å². The Morgan fingerprint density at radius 3 is 3.00 bits per heavy atom. The van der Waals surface area contributed by atoms with Gasteiger partial charge in [0.15, 0.2) is 0 Å². The highest BCUT2D eigenvalue weighted by Gasteiger charge is 2.25. The number of hydrogen-bond acceptors (Lipinski definition) is 2. The molecular weight excluding hydrogens is 306 g/mol. The fourth-order valence-electron chi connectivity index (χ4n) is 2.70. The molecule has 0 bridgehead atoms. The second kappa shape index (κ2) is 5.16. The fourth-order valence-corrected chi connectivity index (χ4v) is 4.03. The molecule has 0 saturated carbocycles. The van der Waals surface area contributed by atoms with Gasteiger partial charge in [-0.3, -0.25) is 0 Å². The van der Waals surface area contributed by atoms with Crippen molar-refractivity contribution in [2.24, 2.45) is 0 Å². The largest absolute Gasteiger partial charge is 0.303 e. The first kappa shape index (κ1) is 12.4. The zero-order valence-corrected chi connectivity index (χ0v) is 12.7. The molecule has 1 aliphatic rings. The summed E-state index contributed by atoms with van der Waals surface area (Å²) in [5.74, 6) is 0. The average Bonchev–Trinajstić information content (AvgIpc) is 2.99. The summed E-state index contributed by atoms with van der Waals surface area (Å²) in [4.78, 5) is 1.42. The molecule has 0 radical (unpaired) electrons. The van der Waals surface area contributed by atoms with Gasteiger partial charge in [0.05, 0.1) is 0 Å². The third-order valence-corrected chi connectivity index (χ3v) is 5.43. The minimum atomic E-state index is 0.430. The van der Waals surface area contributed by atoms with Crippen molar-refractivity contribution in [2.45, 2.75) is 31.8 Å². The fraction of sp³-hybridized carbons (Fsp3) is 0.333. The Bertz CT molecular complexity index is 535. The number of rotatable bonds is 3. The summed E-state index contributed by atoms with van der Waals surface area (Å²) in [7, 11) is 0. The monoisotopic (exact) mass is 321 g/mol. The molecule has 1 aromatic heterocycles. The molecule has 2 atom stereocenters. The van der Waals surface area contributed by atoms with Crippen LogP contribution in [0.15, 0.2) is 40.2 Å². The Balaban J connectivity index is 1.79. The van der Waals surface area contributed by atoms with Gasteiger partial charge in [-0.25, -0.2) is 0 Å². The molecule has 18 heavy (non-hydrogen) atoms. The summed E-state index contributed by atoms with van der Waals surface area (Å²) in [6, 6.07) is 11.8. The van der Waals surface area contributed by atoms with Crippen molar-refractivity contribution in [3.63, 3.8) is 0 Å². The van der Waals surface area contributed by atoms with E-state index in [1.165, 1.54) is 33.3 Å². The van der Waals surface area contributed by atoms with E-state index in [0.29, 0.717) is 12.1 Å². The number of nitrogens with one attached hydrogen (secondary N) is 1. The van der Waals surface area contributed by atoms with Crippen LogP contribution < -0.4 is 5.32 Å². The van der Waals surface area contributed by atoms with Gasteiger partial charge in [0.25, 0.3) is 0 Å². The number of benzene rings is 1. The Morgan fingerprint density at radius 1 is 1.33 bits per heavy atom. The smallest absolute Gasteiger partial charge is 0.0391 e. The molecule has 1 aliphatic carbocycles. The van der Waals surface area contributed by atoms with E-state index in [2.05, 4.69) is 63.9 Å². The van der Waals surface area contributed by atoms with Crippen molar-refractivity contribution in [3.8, 4) is 0 Å². The molecule has 2 aromatic rings.